The maximum atomic E-state index is 12.5. The molecule has 2 aromatic heterocycles. The first-order valence-electron chi connectivity index (χ1n) is 7.55. The quantitative estimate of drug-likeness (QED) is 0.464. The number of benzene rings is 2. The van der Waals surface area contributed by atoms with Crippen LogP contribution in [0.3, 0.4) is 0 Å². The number of carbonyl (C=O) groups excluding carboxylic acids is 1. The molecule has 0 fully saturated rings. The first-order chi connectivity index (χ1) is 12.0. The Labute approximate surface area is 150 Å². The molecule has 124 valence electrons. The molecule has 0 aliphatic carbocycles. The second-order valence-corrected chi connectivity index (χ2v) is 6.60. The van der Waals surface area contributed by atoms with Gasteiger partial charge in [0.1, 0.15) is 0 Å². The average Bonchev–Trinajstić information content (AvgIpc) is 3.10. The van der Waals surface area contributed by atoms with E-state index in [1.807, 2.05) is 54.1 Å². The van der Waals surface area contributed by atoms with Gasteiger partial charge in [0.15, 0.2) is 5.69 Å². The van der Waals surface area contributed by atoms with E-state index in [1.165, 1.54) is 0 Å². The van der Waals surface area contributed by atoms with Crippen molar-refractivity contribution in [3.8, 4) is 5.88 Å². The molecule has 7 heteroatoms. The van der Waals surface area contributed by atoms with Gasteiger partial charge in [-0.15, -0.1) is 10.2 Å². The standard InChI is InChI=1S/C18H13BrN4O2/c1-23-9-13(11-4-2-3-5-15(11)23)17(24)22-21-16-12-8-10(19)6-7-14(12)20-18(16)25/h2-9,20,25H,1H3. The van der Waals surface area contributed by atoms with Gasteiger partial charge in [0, 0.05) is 34.0 Å². The maximum Gasteiger partial charge on any atom is 0.297 e. The van der Waals surface area contributed by atoms with Gasteiger partial charge in [0.05, 0.1) is 11.1 Å². The number of nitrogens with one attached hydrogen (secondary N) is 1. The van der Waals surface area contributed by atoms with Crippen molar-refractivity contribution < 1.29 is 9.90 Å². The molecule has 0 aliphatic heterocycles. The SMILES string of the molecule is Cn1cc(C(=O)N=Nc2c(O)[nH]c3ccc(Br)cc23)c2ccccc21. The van der Waals surface area contributed by atoms with E-state index < -0.39 is 5.91 Å². The number of aromatic nitrogens is 2. The summed E-state index contributed by atoms with van der Waals surface area (Å²) in [4.78, 5) is 15.3. The van der Waals surface area contributed by atoms with E-state index in [1.54, 1.807) is 6.20 Å². The molecule has 2 aromatic carbocycles. The Hall–Kier alpha value is -2.93. The van der Waals surface area contributed by atoms with E-state index in [0.717, 1.165) is 15.4 Å². The number of carbonyl (C=O) groups is 1. The van der Waals surface area contributed by atoms with Gasteiger partial charge in [0.2, 0.25) is 5.88 Å². The summed E-state index contributed by atoms with van der Waals surface area (Å²) in [5.41, 5.74) is 2.37. The Bertz CT molecular complexity index is 1160. The van der Waals surface area contributed by atoms with Crippen molar-refractivity contribution in [2.24, 2.45) is 17.3 Å². The Morgan fingerprint density at radius 3 is 2.84 bits per heavy atom. The number of halogens is 1. The van der Waals surface area contributed by atoms with Gasteiger partial charge < -0.3 is 14.7 Å². The van der Waals surface area contributed by atoms with Gasteiger partial charge in [0.25, 0.3) is 5.91 Å². The Kier molecular flexibility index (Phi) is 3.65. The molecule has 0 saturated carbocycles. The number of amides is 1. The normalized spacial score (nSPS) is 11.8. The maximum absolute atomic E-state index is 12.5. The Balaban J connectivity index is 1.76. The molecule has 0 aliphatic rings. The van der Waals surface area contributed by atoms with Crippen LogP contribution in [0.5, 0.6) is 5.88 Å². The van der Waals surface area contributed by atoms with Crippen molar-refractivity contribution in [1.29, 1.82) is 0 Å². The number of hydrogen-bond donors (Lipinski definition) is 2. The topological polar surface area (TPSA) is 82.7 Å². The highest BCUT2D eigenvalue weighted by molar-refractivity contribution is 9.10. The van der Waals surface area contributed by atoms with Crippen molar-refractivity contribution in [3.63, 3.8) is 0 Å². The van der Waals surface area contributed by atoms with E-state index in [0.29, 0.717) is 16.5 Å². The summed E-state index contributed by atoms with van der Waals surface area (Å²) in [7, 11) is 1.87. The number of rotatable bonds is 2. The minimum absolute atomic E-state index is 0.123. The van der Waals surface area contributed by atoms with Crippen LogP contribution in [0.1, 0.15) is 10.4 Å². The van der Waals surface area contributed by atoms with Gasteiger partial charge in [-0.1, -0.05) is 34.1 Å². The first-order valence-corrected chi connectivity index (χ1v) is 8.34. The van der Waals surface area contributed by atoms with Crippen molar-refractivity contribution in [3.05, 3.63) is 58.7 Å². The first kappa shape index (κ1) is 15.6. The smallest absolute Gasteiger partial charge is 0.297 e. The van der Waals surface area contributed by atoms with Gasteiger partial charge in [-0.2, -0.15) is 0 Å². The van der Waals surface area contributed by atoms with Gasteiger partial charge >= 0.3 is 0 Å². The lowest BCUT2D eigenvalue weighted by Gasteiger charge is -1.94. The minimum Gasteiger partial charge on any atom is -0.493 e. The van der Waals surface area contributed by atoms with Crippen LogP contribution in [0.4, 0.5) is 5.69 Å². The zero-order valence-electron chi connectivity index (χ0n) is 13.2. The molecule has 2 heterocycles. The molecular formula is C18H13BrN4O2. The summed E-state index contributed by atoms with van der Waals surface area (Å²) in [5.74, 6) is -0.580. The molecule has 1 amide bonds. The third-order valence-electron chi connectivity index (χ3n) is 4.08. The fourth-order valence-corrected chi connectivity index (χ4v) is 3.26. The Morgan fingerprint density at radius 1 is 1.20 bits per heavy atom. The van der Waals surface area contributed by atoms with Crippen LogP contribution in [-0.2, 0) is 7.05 Å². The predicted molar refractivity (Wildman–Crippen MR) is 99.4 cm³/mol. The number of aromatic hydroxyl groups is 1. The lowest BCUT2D eigenvalue weighted by Crippen LogP contribution is -1.92. The molecule has 2 N–H and O–H groups in total. The molecule has 4 aromatic rings. The zero-order valence-corrected chi connectivity index (χ0v) is 14.8. The molecule has 0 spiro atoms. The van der Waals surface area contributed by atoms with Gasteiger partial charge in [-0.25, -0.2) is 0 Å². The summed E-state index contributed by atoms with van der Waals surface area (Å²) in [6, 6.07) is 13.1. The molecule has 0 radical (unpaired) electrons. The van der Waals surface area contributed by atoms with Crippen LogP contribution in [0.2, 0.25) is 0 Å². The lowest BCUT2D eigenvalue weighted by atomic mass is 10.2. The summed E-state index contributed by atoms with van der Waals surface area (Å²) in [6.45, 7) is 0. The van der Waals surface area contributed by atoms with Crippen LogP contribution < -0.4 is 0 Å². The third kappa shape index (κ3) is 2.62. The summed E-state index contributed by atoms with van der Waals surface area (Å²) in [5, 5.41) is 19.4. The van der Waals surface area contributed by atoms with Gasteiger partial charge in [-0.3, -0.25) is 4.79 Å². The van der Waals surface area contributed by atoms with Crippen LogP contribution in [0.25, 0.3) is 21.8 Å². The molecule has 4 rings (SSSR count). The van der Waals surface area contributed by atoms with Crippen LogP contribution >= 0.6 is 15.9 Å². The van der Waals surface area contributed by atoms with Crippen molar-refractivity contribution >= 4 is 49.3 Å². The van der Waals surface area contributed by atoms with E-state index in [4.69, 9.17) is 0 Å². The van der Waals surface area contributed by atoms with Gasteiger partial charge in [-0.05, 0) is 24.3 Å². The summed E-state index contributed by atoms with van der Waals surface area (Å²) in [6.07, 6.45) is 1.73. The molecular weight excluding hydrogens is 384 g/mol. The number of azo groups is 1. The van der Waals surface area contributed by atoms with Crippen LogP contribution in [0.15, 0.2) is 63.4 Å². The van der Waals surface area contributed by atoms with E-state index in [9.17, 15) is 9.90 Å². The largest absolute Gasteiger partial charge is 0.493 e. The predicted octanol–water partition coefficient (Wildman–Crippen LogP) is 5.05. The molecule has 0 unspecified atom stereocenters. The van der Waals surface area contributed by atoms with Crippen molar-refractivity contribution in [2.75, 3.05) is 0 Å². The number of fused-ring (bicyclic) bond motifs is 2. The molecule has 0 saturated heterocycles. The fourth-order valence-electron chi connectivity index (χ4n) is 2.90. The number of hydrogen-bond acceptors (Lipinski definition) is 3. The molecule has 25 heavy (non-hydrogen) atoms. The number of nitrogens with zero attached hydrogens (tertiary/aromatic N) is 3. The van der Waals surface area contributed by atoms with Crippen LogP contribution in [-0.4, -0.2) is 20.6 Å². The van der Waals surface area contributed by atoms with Crippen LogP contribution in [0, 0.1) is 0 Å². The van der Waals surface area contributed by atoms with E-state index in [2.05, 4.69) is 31.1 Å². The number of para-hydroxylation sites is 1. The van der Waals surface area contributed by atoms with Crippen molar-refractivity contribution in [1.82, 2.24) is 9.55 Å². The lowest BCUT2D eigenvalue weighted by molar-refractivity contribution is 0.0996. The summed E-state index contributed by atoms with van der Waals surface area (Å²) < 4.78 is 2.72. The molecule has 6 nitrogen and oxygen atoms in total. The number of aryl methyl sites for hydroxylation is 1. The van der Waals surface area contributed by atoms with E-state index >= 15 is 0 Å². The highest BCUT2D eigenvalue weighted by Gasteiger charge is 2.15. The average molecular weight is 397 g/mol. The molecule has 0 bridgehead atoms. The highest BCUT2D eigenvalue weighted by atomic mass is 79.9. The minimum atomic E-state index is -0.458. The second kappa shape index (κ2) is 5.86. The third-order valence-corrected chi connectivity index (χ3v) is 4.58. The van der Waals surface area contributed by atoms with Crippen molar-refractivity contribution in [2.45, 2.75) is 0 Å². The monoisotopic (exact) mass is 396 g/mol. The number of aromatic amines is 1. The highest BCUT2D eigenvalue weighted by Crippen LogP contribution is 2.37. The zero-order chi connectivity index (χ0) is 17.6. The fraction of sp³-hybridized carbons (Fsp3) is 0.0556. The molecule has 0 atom stereocenters. The summed E-state index contributed by atoms with van der Waals surface area (Å²) >= 11 is 3.38. The number of H-pyrrole nitrogens is 1. The Morgan fingerprint density at radius 2 is 2.00 bits per heavy atom. The second-order valence-electron chi connectivity index (χ2n) is 5.69. The van der Waals surface area contributed by atoms with E-state index in [-0.39, 0.29) is 11.6 Å².